The number of hydrogen-bond donors (Lipinski definition) is 0. The zero-order valence-corrected chi connectivity index (χ0v) is 25.5. The zero-order chi connectivity index (χ0) is 28.0. The minimum absolute atomic E-state index is 0.0552. The number of nitrogens with zero attached hydrogens (tertiary/aromatic N) is 3. The van der Waals surface area contributed by atoms with Gasteiger partial charge in [0.25, 0.3) is 11.5 Å². The van der Waals surface area contributed by atoms with E-state index >= 15 is 0 Å². The topological polar surface area (TPSA) is 54.8 Å². The van der Waals surface area contributed by atoms with E-state index in [2.05, 4.69) is 42.2 Å². The number of amides is 1. The van der Waals surface area contributed by atoms with Gasteiger partial charge in [-0.1, -0.05) is 49.8 Å². The molecule has 2 atom stereocenters. The summed E-state index contributed by atoms with van der Waals surface area (Å²) in [7, 11) is 1.69. The maximum atomic E-state index is 13.5. The van der Waals surface area contributed by atoms with Crippen molar-refractivity contribution in [3.63, 3.8) is 0 Å². The van der Waals surface area contributed by atoms with Crippen molar-refractivity contribution in [2.24, 2.45) is 0 Å². The number of ether oxygens (including phenoxy) is 1. The molecule has 6 nitrogen and oxygen atoms in total. The van der Waals surface area contributed by atoms with E-state index in [0.717, 1.165) is 24.2 Å². The lowest BCUT2D eigenvalue weighted by Gasteiger charge is -2.27. The second-order valence-electron chi connectivity index (χ2n) is 10.5. The molecular formula is C31H33N3O3S3. The standard InChI is InChI=1S/C31H33N3O3S3/c1-4-6-16-33-29(36)27(40-31(33)38)30-32(5-2)28(35)26(39-30)18-19-10-15-25-23(17-19)22-8-7-9-24(22)34(25)20-11-13-21(37-3)14-12-20/h10-15,17-18,22,24H,4-9,16H2,1-3H3. The van der Waals surface area contributed by atoms with Gasteiger partial charge < -0.3 is 9.64 Å². The largest absolute Gasteiger partial charge is 0.497 e. The molecule has 9 heteroatoms. The molecule has 1 saturated carbocycles. The first kappa shape index (κ1) is 27.3. The molecule has 208 valence electrons. The summed E-state index contributed by atoms with van der Waals surface area (Å²) in [4.78, 5) is 31.4. The summed E-state index contributed by atoms with van der Waals surface area (Å²) >= 11 is 8.23. The Balaban J connectivity index is 1.40. The minimum Gasteiger partial charge on any atom is -0.497 e. The molecule has 2 aliphatic heterocycles. The Morgan fingerprint density at radius 2 is 1.90 bits per heavy atom. The van der Waals surface area contributed by atoms with Gasteiger partial charge in [0, 0.05) is 36.4 Å². The summed E-state index contributed by atoms with van der Waals surface area (Å²) in [5.74, 6) is 1.26. The highest BCUT2D eigenvalue weighted by atomic mass is 32.2. The van der Waals surface area contributed by atoms with E-state index in [1.165, 1.54) is 59.3 Å². The Bertz CT molecular complexity index is 1660. The number of thioether (sulfide) groups is 1. The molecule has 1 aliphatic carbocycles. The van der Waals surface area contributed by atoms with Crippen molar-refractivity contribution in [3.05, 3.63) is 73.1 Å². The van der Waals surface area contributed by atoms with Crippen LogP contribution in [0.5, 0.6) is 5.75 Å². The van der Waals surface area contributed by atoms with Crippen LogP contribution in [-0.4, -0.2) is 39.4 Å². The lowest BCUT2D eigenvalue weighted by atomic mass is 9.96. The van der Waals surface area contributed by atoms with Crippen molar-refractivity contribution in [1.29, 1.82) is 0 Å². The second-order valence-corrected chi connectivity index (χ2v) is 13.1. The highest BCUT2D eigenvalue weighted by Crippen LogP contribution is 2.52. The molecule has 2 unspecified atom stereocenters. The summed E-state index contributed by atoms with van der Waals surface area (Å²) in [5, 5.41) is 0. The van der Waals surface area contributed by atoms with Crippen molar-refractivity contribution in [2.45, 2.75) is 64.5 Å². The molecule has 0 spiro atoms. The number of hydrogen-bond acceptors (Lipinski definition) is 7. The first-order chi connectivity index (χ1) is 19.4. The second kappa shape index (κ2) is 11.2. The Morgan fingerprint density at radius 3 is 2.62 bits per heavy atom. The predicted molar refractivity (Wildman–Crippen MR) is 169 cm³/mol. The fraction of sp³-hybridized carbons (Fsp3) is 0.387. The van der Waals surface area contributed by atoms with Gasteiger partial charge in [-0.3, -0.25) is 19.1 Å². The zero-order valence-electron chi connectivity index (χ0n) is 23.0. The number of rotatable bonds is 7. The average molecular weight is 592 g/mol. The van der Waals surface area contributed by atoms with Crippen molar-refractivity contribution in [2.75, 3.05) is 18.6 Å². The summed E-state index contributed by atoms with van der Waals surface area (Å²) in [5.41, 5.74) is 4.75. The van der Waals surface area contributed by atoms with Crippen LogP contribution in [0.4, 0.5) is 11.4 Å². The highest BCUT2D eigenvalue weighted by molar-refractivity contribution is 8.30. The average Bonchev–Trinajstić information content (AvgIpc) is 3.70. The number of fused-ring (bicyclic) bond motifs is 3. The predicted octanol–water partition coefficient (Wildman–Crippen LogP) is 5.32. The van der Waals surface area contributed by atoms with Crippen molar-refractivity contribution in [1.82, 2.24) is 9.47 Å². The number of methoxy groups -OCH3 is 1. The maximum Gasteiger partial charge on any atom is 0.269 e. The van der Waals surface area contributed by atoms with Gasteiger partial charge in [0.1, 0.15) is 19.6 Å². The Morgan fingerprint density at radius 1 is 1.10 bits per heavy atom. The third kappa shape index (κ3) is 4.62. The lowest BCUT2D eigenvalue weighted by Crippen LogP contribution is -2.33. The van der Waals surface area contributed by atoms with Crippen LogP contribution in [0.15, 0.2) is 47.3 Å². The van der Waals surface area contributed by atoms with Gasteiger partial charge in [-0.05, 0) is 79.8 Å². The number of carbonyl (C=O) groups excluding carboxylic acids is 1. The monoisotopic (exact) mass is 591 g/mol. The fourth-order valence-electron chi connectivity index (χ4n) is 6.21. The van der Waals surface area contributed by atoms with Crippen molar-refractivity contribution in [3.8, 4) is 5.75 Å². The van der Waals surface area contributed by atoms with Crippen molar-refractivity contribution >= 4 is 67.9 Å². The summed E-state index contributed by atoms with van der Waals surface area (Å²) < 4.78 is 9.02. The smallest absolute Gasteiger partial charge is 0.269 e. The first-order valence-corrected chi connectivity index (χ1v) is 16.1. The van der Waals surface area contributed by atoms with Crippen LogP contribution in [0.2, 0.25) is 0 Å². The van der Waals surface area contributed by atoms with E-state index in [9.17, 15) is 9.59 Å². The van der Waals surface area contributed by atoms with E-state index in [4.69, 9.17) is 17.0 Å². The molecule has 1 amide bonds. The molecule has 40 heavy (non-hydrogen) atoms. The number of unbranched alkanes of at least 4 members (excludes halogenated alkanes) is 1. The van der Waals surface area contributed by atoms with Gasteiger partial charge in [-0.2, -0.15) is 0 Å². The highest BCUT2D eigenvalue weighted by Gasteiger charge is 2.42. The van der Waals surface area contributed by atoms with E-state index in [1.54, 1.807) is 16.6 Å². The van der Waals surface area contributed by atoms with E-state index in [0.29, 0.717) is 43.5 Å². The van der Waals surface area contributed by atoms with Gasteiger partial charge in [0.05, 0.1) is 11.6 Å². The number of thiocarbonyl (C=S) groups is 1. The van der Waals surface area contributed by atoms with Crippen molar-refractivity contribution < 1.29 is 9.53 Å². The number of thiazole rings is 1. The normalized spacial score (nSPS) is 21.9. The quantitative estimate of drug-likeness (QED) is 0.347. The van der Waals surface area contributed by atoms with Crippen LogP contribution in [-0.2, 0) is 11.3 Å². The number of carbonyl (C=O) groups is 1. The molecule has 6 rings (SSSR count). The third-order valence-corrected chi connectivity index (χ3v) is 10.9. The van der Waals surface area contributed by atoms with Gasteiger partial charge in [-0.15, -0.1) is 11.3 Å². The molecular weight excluding hydrogens is 559 g/mol. The van der Waals surface area contributed by atoms with Crippen LogP contribution >= 0.6 is 35.3 Å². The molecule has 3 aliphatic rings. The molecule has 1 saturated heterocycles. The van der Waals surface area contributed by atoms with Gasteiger partial charge in [0.15, 0.2) is 0 Å². The molecule has 0 radical (unpaired) electrons. The SMILES string of the molecule is CCCCN1C(=O)C(=c2sc(=Cc3ccc4c(c3)C3CCCC3N4c3ccc(OC)cc3)c(=O)n2CC)SC1=S. The maximum absolute atomic E-state index is 13.5. The van der Waals surface area contributed by atoms with Gasteiger partial charge in [0.2, 0.25) is 0 Å². The van der Waals surface area contributed by atoms with E-state index in [-0.39, 0.29) is 11.5 Å². The fourth-order valence-corrected chi connectivity index (χ4v) is 8.84. The number of aromatic nitrogens is 1. The van der Waals surface area contributed by atoms with E-state index < -0.39 is 0 Å². The summed E-state index contributed by atoms with van der Waals surface area (Å²) in [6.07, 6.45) is 7.43. The summed E-state index contributed by atoms with van der Waals surface area (Å²) in [6, 6.07) is 15.3. The molecule has 2 aromatic carbocycles. The van der Waals surface area contributed by atoms with Crippen LogP contribution in [0.25, 0.3) is 11.0 Å². The van der Waals surface area contributed by atoms with E-state index in [1.807, 2.05) is 25.1 Å². The summed E-state index contributed by atoms with van der Waals surface area (Å²) in [6.45, 7) is 5.17. The minimum atomic E-state index is -0.0816. The molecule has 0 N–H and O–H groups in total. The third-order valence-electron chi connectivity index (χ3n) is 8.17. The first-order valence-electron chi connectivity index (χ1n) is 14.0. The molecule has 0 bridgehead atoms. The lowest BCUT2D eigenvalue weighted by molar-refractivity contribution is -0.120. The Kier molecular flexibility index (Phi) is 7.63. The van der Waals surface area contributed by atoms with Gasteiger partial charge in [-0.25, -0.2) is 0 Å². The van der Waals surface area contributed by atoms with Gasteiger partial charge >= 0.3 is 0 Å². The van der Waals surface area contributed by atoms with Crippen LogP contribution in [0, 0.1) is 0 Å². The van der Waals surface area contributed by atoms with Crippen LogP contribution in [0.3, 0.4) is 0 Å². The number of benzene rings is 2. The molecule has 2 fully saturated rings. The van der Waals surface area contributed by atoms with Crippen LogP contribution in [0.1, 0.15) is 63.0 Å². The molecule has 1 aromatic heterocycles. The number of anilines is 2. The molecule has 3 heterocycles. The Labute approximate surface area is 247 Å². The molecule has 3 aromatic rings. The Hall–Kier alpha value is -2.88. The van der Waals surface area contributed by atoms with Crippen LogP contribution < -0.4 is 24.4 Å².